The Morgan fingerprint density at radius 3 is 2.76 bits per heavy atom. The number of non-ortho nitro benzene ring substituents is 1. The first-order valence-corrected chi connectivity index (χ1v) is 8.39. The lowest BCUT2D eigenvalue weighted by atomic mass is 9.81. The van der Waals surface area contributed by atoms with Crippen LogP contribution < -0.4 is 0 Å². The topological polar surface area (TPSA) is 61.0 Å². The van der Waals surface area contributed by atoms with Gasteiger partial charge in [0.1, 0.15) is 0 Å². The largest absolute Gasteiger partial charge is 0.330 e. The number of nitrogens with zero attached hydrogens (tertiary/aromatic N) is 3. The third kappa shape index (κ3) is 4.05. The molecule has 5 heteroatoms. The summed E-state index contributed by atoms with van der Waals surface area (Å²) in [5, 5.41) is 11.1. The minimum Gasteiger partial charge on any atom is -0.330 e. The Kier molecular flexibility index (Phi) is 4.57. The standard InChI is InChI=1S/C20H22N3O2/c1-20(2,3)12-16(15-7-6-8-17(11-15)23(24)25)13-22-14-21-18-9-4-5-10-19(18)22/h4-6,8-11,14,16H,12-13H2,1-3H3/t16-/m1/s1. The van der Waals surface area contributed by atoms with E-state index in [1.165, 1.54) is 6.07 Å². The second-order valence-corrected chi connectivity index (χ2v) is 7.61. The molecular weight excluding hydrogens is 314 g/mol. The Balaban J connectivity index is 1.97. The number of aromatic nitrogens is 2. The van der Waals surface area contributed by atoms with Crippen molar-refractivity contribution in [1.29, 1.82) is 0 Å². The number of benzene rings is 2. The van der Waals surface area contributed by atoms with Crippen LogP contribution in [-0.4, -0.2) is 14.5 Å². The second-order valence-electron chi connectivity index (χ2n) is 7.61. The van der Waals surface area contributed by atoms with Crippen LogP contribution in [0.1, 0.15) is 38.7 Å². The Hall–Kier alpha value is -2.69. The molecule has 0 N–H and O–H groups in total. The first-order chi connectivity index (χ1) is 11.8. The summed E-state index contributed by atoms with van der Waals surface area (Å²) in [4.78, 5) is 15.2. The van der Waals surface area contributed by atoms with Gasteiger partial charge in [0.15, 0.2) is 0 Å². The first kappa shape index (κ1) is 17.1. The first-order valence-electron chi connectivity index (χ1n) is 8.39. The number of hydrogen-bond donors (Lipinski definition) is 0. The fraction of sp³-hybridized carbons (Fsp3) is 0.350. The van der Waals surface area contributed by atoms with Gasteiger partial charge in [0, 0.05) is 24.6 Å². The highest BCUT2D eigenvalue weighted by Gasteiger charge is 2.23. The molecule has 129 valence electrons. The normalized spacial score (nSPS) is 13.1. The molecule has 0 saturated heterocycles. The van der Waals surface area contributed by atoms with Crippen molar-refractivity contribution in [3.8, 4) is 0 Å². The zero-order valence-electron chi connectivity index (χ0n) is 14.8. The molecule has 1 aromatic heterocycles. The van der Waals surface area contributed by atoms with Crippen molar-refractivity contribution in [2.24, 2.45) is 5.41 Å². The summed E-state index contributed by atoms with van der Waals surface area (Å²) in [5.74, 6) is 0.123. The van der Waals surface area contributed by atoms with Crippen LogP contribution in [0, 0.1) is 21.6 Å². The lowest BCUT2D eigenvalue weighted by molar-refractivity contribution is -0.384. The van der Waals surface area contributed by atoms with Crippen molar-refractivity contribution in [1.82, 2.24) is 9.55 Å². The smallest absolute Gasteiger partial charge is 0.269 e. The Labute approximate surface area is 147 Å². The van der Waals surface area contributed by atoms with Crippen LogP contribution >= 0.6 is 0 Å². The van der Waals surface area contributed by atoms with Gasteiger partial charge in [-0.15, -0.1) is 0 Å². The van der Waals surface area contributed by atoms with E-state index in [-0.39, 0.29) is 21.9 Å². The highest BCUT2D eigenvalue weighted by atomic mass is 16.6. The van der Waals surface area contributed by atoms with Crippen molar-refractivity contribution in [2.45, 2.75) is 39.7 Å². The van der Waals surface area contributed by atoms with E-state index in [4.69, 9.17) is 0 Å². The van der Waals surface area contributed by atoms with Crippen molar-refractivity contribution in [3.63, 3.8) is 0 Å². The SMILES string of the molecule is CC(C)(C)C[C@H](Cn1cnc2ccccc21)c1[c]ccc([N+](=O)[O-])c1. The molecule has 0 aliphatic heterocycles. The second kappa shape index (κ2) is 6.67. The summed E-state index contributed by atoms with van der Waals surface area (Å²) in [5.41, 5.74) is 3.12. The molecular formula is C20H22N3O2. The Morgan fingerprint density at radius 2 is 2.04 bits per heavy atom. The van der Waals surface area contributed by atoms with Crippen molar-refractivity contribution >= 4 is 16.7 Å². The van der Waals surface area contributed by atoms with Gasteiger partial charge in [-0.05, 0) is 41.7 Å². The van der Waals surface area contributed by atoms with Crippen LogP contribution in [0.25, 0.3) is 11.0 Å². The fourth-order valence-corrected chi connectivity index (χ4v) is 3.23. The minimum absolute atomic E-state index is 0.0967. The third-order valence-electron chi connectivity index (χ3n) is 4.26. The van der Waals surface area contributed by atoms with Crippen LogP contribution in [0.15, 0.2) is 48.8 Å². The maximum absolute atomic E-state index is 11.1. The number of fused-ring (bicyclic) bond motifs is 1. The average molecular weight is 336 g/mol. The molecule has 0 aliphatic carbocycles. The molecule has 0 fully saturated rings. The van der Waals surface area contributed by atoms with E-state index >= 15 is 0 Å². The van der Waals surface area contributed by atoms with Gasteiger partial charge in [-0.3, -0.25) is 10.1 Å². The number of hydrogen-bond acceptors (Lipinski definition) is 3. The van der Waals surface area contributed by atoms with Gasteiger partial charge in [0.2, 0.25) is 0 Å². The summed E-state index contributed by atoms with van der Waals surface area (Å²) in [6.45, 7) is 7.27. The lowest BCUT2D eigenvalue weighted by Gasteiger charge is -2.26. The number of nitro groups is 1. The Morgan fingerprint density at radius 1 is 1.28 bits per heavy atom. The van der Waals surface area contributed by atoms with Gasteiger partial charge in [-0.2, -0.15) is 0 Å². The van der Waals surface area contributed by atoms with Crippen LogP contribution in [0.5, 0.6) is 0 Å². The number of imidazole rings is 1. The molecule has 0 bridgehead atoms. The van der Waals surface area contributed by atoms with Gasteiger partial charge < -0.3 is 4.57 Å². The van der Waals surface area contributed by atoms with Crippen LogP contribution in [0.2, 0.25) is 0 Å². The molecule has 0 unspecified atom stereocenters. The Bertz CT molecular complexity index is 893. The maximum atomic E-state index is 11.1. The minimum atomic E-state index is -0.349. The summed E-state index contributed by atoms with van der Waals surface area (Å²) in [6, 6.07) is 16.0. The van der Waals surface area contributed by atoms with Gasteiger partial charge in [-0.1, -0.05) is 32.9 Å². The molecule has 3 aromatic rings. The summed E-state index contributed by atoms with van der Waals surface area (Å²) in [7, 11) is 0. The highest BCUT2D eigenvalue weighted by Crippen LogP contribution is 2.34. The summed E-state index contributed by atoms with van der Waals surface area (Å²) in [6.07, 6.45) is 2.74. The van der Waals surface area contributed by atoms with E-state index in [0.717, 1.165) is 29.6 Å². The predicted molar refractivity (Wildman–Crippen MR) is 98.5 cm³/mol. The lowest BCUT2D eigenvalue weighted by Crippen LogP contribution is -2.17. The molecule has 1 heterocycles. The van der Waals surface area contributed by atoms with Crippen LogP contribution in [-0.2, 0) is 6.54 Å². The summed E-state index contributed by atoms with van der Waals surface area (Å²) < 4.78 is 2.12. The maximum Gasteiger partial charge on any atom is 0.269 e. The number of para-hydroxylation sites is 2. The van der Waals surface area contributed by atoms with Crippen LogP contribution in [0.3, 0.4) is 0 Å². The van der Waals surface area contributed by atoms with E-state index in [2.05, 4.69) is 36.4 Å². The van der Waals surface area contributed by atoms with Gasteiger partial charge in [0.25, 0.3) is 5.69 Å². The zero-order valence-corrected chi connectivity index (χ0v) is 14.8. The van der Waals surface area contributed by atoms with Crippen molar-refractivity contribution < 1.29 is 4.92 Å². The molecule has 25 heavy (non-hydrogen) atoms. The molecule has 0 spiro atoms. The van der Waals surface area contributed by atoms with E-state index in [1.807, 2.05) is 30.6 Å². The summed E-state index contributed by atoms with van der Waals surface area (Å²) >= 11 is 0. The zero-order chi connectivity index (χ0) is 18.0. The quantitative estimate of drug-likeness (QED) is 0.488. The van der Waals surface area contributed by atoms with Crippen LogP contribution in [0.4, 0.5) is 5.69 Å². The van der Waals surface area contributed by atoms with E-state index in [0.29, 0.717) is 0 Å². The number of rotatable bonds is 5. The molecule has 0 aliphatic rings. The van der Waals surface area contributed by atoms with Gasteiger partial charge >= 0.3 is 0 Å². The molecule has 1 atom stereocenters. The number of nitro benzene ring substituents is 1. The molecule has 1 radical (unpaired) electrons. The van der Waals surface area contributed by atoms with Gasteiger partial charge in [0.05, 0.1) is 22.3 Å². The fourth-order valence-electron chi connectivity index (χ4n) is 3.23. The van der Waals surface area contributed by atoms with E-state index < -0.39 is 0 Å². The molecule has 0 saturated carbocycles. The molecule has 3 rings (SSSR count). The van der Waals surface area contributed by atoms with E-state index in [9.17, 15) is 10.1 Å². The molecule has 2 aromatic carbocycles. The van der Waals surface area contributed by atoms with E-state index in [1.54, 1.807) is 12.1 Å². The predicted octanol–water partition coefficient (Wildman–Crippen LogP) is 4.96. The highest BCUT2D eigenvalue weighted by molar-refractivity contribution is 5.74. The van der Waals surface area contributed by atoms with Crippen molar-refractivity contribution in [3.05, 3.63) is 70.5 Å². The monoisotopic (exact) mass is 336 g/mol. The molecule has 0 amide bonds. The molecule has 5 nitrogen and oxygen atoms in total. The third-order valence-corrected chi connectivity index (χ3v) is 4.26. The van der Waals surface area contributed by atoms with Crippen molar-refractivity contribution in [2.75, 3.05) is 0 Å². The average Bonchev–Trinajstić information content (AvgIpc) is 2.96. The van der Waals surface area contributed by atoms with Gasteiger partial charge in [-0.25, -0.2) is 4.98 Å².